The molecule has 0 saturated carbocycles. The molecule has 1 saturated heterocycles. The zero-order valence-electron chi connectivity index (χ0n) is 19.9. The quantitative estimate of drug-likeness (QED) is 0.276. The molecule has 0 radical (unpaired) electrons. The first kappa shape index (κ1) is 24.3. The van der Waals surface area contributed by atoms with Crippen LogP contribution in [-0.4, -0.2) is 38.9 Å². The molecule has 2 N–H and O–H groups in total. The lowest BCUT2D eigenvalue weighted by molar-refractivity contribution is 0.101. The van der Waals surface area contributed by atoms with Crippen LogP contribution in [0.3, 0.4) is 0 Å². The Kier molecular flexibility index (Phi) is 6.69. The van der Waals surface area contributed by atoms with E-state index in [-0.39, 0.29) is 21.6 Å². The molecule has 1 atom stereocenters. The van der Waals surface area contributed by atoms with Crippen molar-refractivity contribution in [3.63, 3.8) is 0 Å². The summed E-state index contributed by atoms with van der Waals surface area (Å²) >= 11 is 12.3. The maximum Gasteiger partial charge on any atom is 0.163 e. The molecule has 4 heterocycles. The van der Waals surface area contributed by atoms with Gasteiger partial charge in [0, 0.05) is 24.8 Å². The summed E-state index contributed by atoms with van der Waals surface area (Å²) in [4.78, 5) is 28.7. The highest BCUT2D eigenvalue weighted by Crippen LogP contribution is 2.37. The number of aromatic hydroxyl groups is 1. The molecule has 184 valence electrons. The number of halogens is 2. The van der Waals surface area contributed by atoms with Crippen LogP contribution in [0.2, 0.25) is 10.0 Å². The van der Waals surface area contributed by atoms with Crippen LogP contribution in [0.1, 0.15) is 37.0 Å². The predicted molar refractivity (Wildman–Crippen MR) is 145 cm³/mol. The number of benzene rings is 1. The van der Waals surface area contributed by atoms with Crippen molar-refractivity contribution in [2.45, 2.75) is 26.7 Å². The Morgan fingerprint density at radius 1 is 1.11 bits per heavy atom. The Bertz CT molecular complexity index is 1440. The van der Waals surface area contributed by atoms with Crippen molar-refractivity contribution in [1.82, 2.24) is 15.0 Å². The predicted octanol–water partition coefficient (Wildman–Crippen LogP) is 6.89. The van der Waals surface area contributed by atoms with E-state index in [1.165, 1.54) is 19.8 Å². The molecule has 4 aromatic rings. The van der Waals surface area contributed by atoms with Gasteiger partial charge in [-0.2, -0.15) is 0 Å². The molecule has 3 aromatic heterocycles. The SMILES string of the molecule is CC(=O)c1cnc2ccc(-c3cc(Cl)c(O)c(Cl)c3)nc2c1Nc1ccc(N2CCC[C@@H](C)C2)nc1. The van der Waals surface area contributed by atoms with Crippen molar-refractivity contribution in [3.05, 3.63) is 64.4 Å². The van der Waals surface area contributed by atoms with E-state index in [1.54, 1.807) is 30.6 Å². The van der Waals surface area contributed by atoms with E-state index >= 15 is 0 Å². The number of hydrogen-bond acceptors (Lipinski definition) is 7. The summed E-state index contributed by atoms with van der Waals surface area (Å²) in [7, 11) is 0. The number of nitrogens with zero attached hydrogens (tertiary/aromatic N) is 4. The van der Waals surface area contributed by atoms with Crippen LogP contribution in [0.25, 0.3) is 22.3 Å². The minimum atomic E-state index is -0.180. The number of piperidine rings is 1. The zero-order valence-corrected chi connectivity index (χ0v) is 21.4. The Hall–Kier alpha value is -3.42. The van der Waals surface area contributed by atoms with E-state index in [2.05, 4.69) is 27.1 Å². The van der Waals surface area contributed by atoms with Crippen molar-refractivity contribution in [1.29, 1.82) is 0 Å². The fraction of sp³-hybridized carbons (Fsp3) is 0.259. The highest BCUT2D eigenvalue weighted by molar-refractivity contribution is 6.37. The third-order valence-corrected chi connectivity index (χ3v) is 6.98. The number of carbonyl (C=O) groups is 1. The first-order valence-corrected chi connectivity index (χ1v) is 12.5. The molecule has 9 heteroatoms. The Morgan fingerprint density at radius 3 is 2.56 bits per heavy atom. The number of Topliss-reactive ketones (excluding diaryl/α,β-unsaturated/α-hetero) is 1. The average molecular weight is 522 g/mol. The summed E-state index contributed by atoms with van der Waals surface area (Å²) in [5.41, 5.74) is 4.05. The Balaban J connectivity index is 1.54. The van der Waals surface area contributed by atoms with Crippen LogP contribution in [-0.2, 0) is 0 Å². The van der Waals surface area contributed by atoms with E-state index in [0.29, 0.717) is 39.5 Å². The highest BCUT2D eigenvalue weighted by Gasteiger charge is 2.19. The standard InChI is InChI=1S/C27H25Cl2N5O2/c1-15-4-3-9-34(14-15)24-8-5-18(12-31-24)32-25-19(16(2)35)13-30-23-7-6-22(33-26(23)25)17-10-20(28)27(36)21(29)11-17/h5-8,10-13,15,36H,3-4,9,14H2,1-2H3,(H,30,32)/t15-/m1/s1. The summed E-state index contributed by atoms with van der Waals surface area (Å²) < 4.78 is 0. The van der Waals surface area contributed by atoms with Crippen molar-refractivity contribution >= 4 is 57.2 Å². The van der Waals surface area contributed by atoms with Gasteiger partial charge >= 0.3 is 0 Å². The second-order valence-electron chi connectivity index (χ2n) is 9.18. The van der Waals surface area contributed by atoms with Gasteiger partial charge in [0.2, 0.25) is 0 Å². The number of anilines is 3. The number of carbonyl (C=O) groups excluding carboxylic acids is 1. The van der Waals surface area contributed by atoms with Gasteiger partial charge in [0.05, 0.1) is 44.4 Å². The average Bonchev–Trinajstić information content (AvgIpc) is 2.87. The minimum Gasteiger partial charge on any atom is -0.505 e. The summed E-state index contributed by atoms with van der Waals surface area (Å²) in [5, 5.41) is 13.5. The van der Waals surface area contributed by atoms with Crippen molar-refractivity contribution < 1.29 is 9.90 Å². The van der Waals surface area contributed by atoms with Gasteiger partial charge in [0.25, 0.3) is 0 Å². The van der Waals surface area contributed by atoms with E-state index in [1.807, 2.05) is 18.2 Å². The van der Waals surface area contributed by atoms with Crippen molar-refractivity contribution in [3.8, 4) is 17.0 Å². The second kappa shape index (κ2) is 9.91. The monoisotopic (exact) mass is 521 g/mol. The molecular weight excluding hydrogens is 497 g/mol. The molecular formula is C27H25Cl2N5O2. The molecule has 1 aromatic carbocycles. The maximum absolute atomic E-state index is 12.5. The molecule has 36 heavy (non-hydrogen) atoms. The first-order chi connectivity index (χ1) is 17.3. The number of phenolic OH excluding ortho intramolecular Hbond substituents is 1. The van der Waals surface area contributed by atoms with E-state index in [4.69, 9.17) is 28.2 Å². The molecule has 0 unspecified atom stereocenters. The summed E-state index contributed by atoms with van der Waals surface area (Å²) in [6, 6.07) is 10.8. The van der Waals surface area contributed by atoms with Crippen LogP contribution in [0.4, 0.5) is 17.2 Å². The molecule has 0 aliphatic carbocycles. The number of phenols is 1. The van der Waals surface area contributed by atoms with Gasteiger partial charge in [-0.3, -0.25) is 9.78 Å². The number of hydrogen-bond donors (Lipinski definition) is 2. The number of rotatable bonds is 5. The number of aromatic nitrogens is 3. The Morgan fingerprint density at radius 2 is 1.89 bits per heavy atom. The third kappa shape index (κ3) is 4.81. The lowest BCUT2D eigenvalue weighted by Crippen LogP contribution is -2.34. The van der Waals surface area contributed by atoms with Crippen LogP contribution in [0, 0.1) is 5.92 Å². The molecule has 7 nitrogen and oxygen atoms in total. The highest BCUT2D eigenvalue weighted by atomic mass is 35.5. The van der Waals surface area contributed by atoms with Crippen molar-refractivity contribution in [2.75, 3.05) is 23.3 Å². The molecule has 5 rings (SSSR count). The van der Waals surface area contributed by atoms with E-state index < -0.39 is 0 Å². The fourth-order valence-electron chi connectivity index (χ4n) is 4.52. The number of fused-ring (bicyclic) bond motifs is 1. The normalized spacial score (nSPS) is 15.8. The molecule has 1 fully saturated rings. The molecule has 0 amide bonds. The van der Waals surface area contributed by atoms with Gasteiger partial charge < -0.3 is 15.3 Å². The van der Waals surface area contributed by atoms with Gasteiger partial charge in [-0.1, -0.05) is 30.1 Å². The largest absolute Gasteiger partial charge is 0.505 e. The van der Waals surface area contributed by atoms with Crippen LogP contribution >= 0.6 is 23.2 Å². The van der Waals surface area contributed by atoms with Crippen molar-refractivity contribution in [2.24, 2.45) is 5.92 Å². The molecule has 1 aliphatic rings. The zero-order chi connectivity index (χ0) is 25.4. The lowest BCUT2D eigenvalue weighted by atomic mass is 10.0. The third-order valence-electron chi connectivity index (χ3n) is 6.40. The number of ketones is 1. The van der Waals surface area contributed by atoms with Crippen LogP contribution < -0.4 is 10.2 Å². The van der Waals surface area contributed by atoms with Gasteiger partial charge in [-0.25, -0.2) is 9.97 Å². The molecule has 0 spiro atoms. The smallest absolute Gasteiger partial charge is 0.163 e. The first-order valence-electron chi connectivity index (χ1n) is 11.8. The summed E-state index contributed by atoms with van der Waals surface area (Å²) in [6.45, 7) is 5.77. The maximum atomic E-state index is 12.5. The molecule has 1 aliphatic heterocycles. The number of pyridine rings is 3. The van der Waals surface area contributed by atoms with Crippen LogP contribution in [0.15, 0.2) is 48.8 Å². The minimum absolute atomic E-state index is 0.127. The number of nitrogens with one attached hydrogen (secondary N) is 1. The van der Waals surface area contributed by atoms with E-state index in [9.17, 15) is 9.90 Å². The lowest BCUT2D eigenvalue weighted by Gasteiger charge is -2.31. The van der Waals surface area contributed by atoms with Gasteiger partial charge in [-0.15, -0.1) is 0 Å². The summed E-state index contributed by atoms with van der Waals surface area (Å²) in [6.07, 6.45) is 5.74. The van der Waals surface area contributed by atoms with Gasteiger partial charge in [0.1, 0.15) is 11.3 Å². The van der Waals surface area contributed by atoms with Gasteiger partial charge in [0.15, 0.2) is 11.5 Å². The van der Waals surface area contributed by atoms with E-state index in [0.717, 1.165) is 24.6 Å². The Labute approximate surface area is 219 Å². The summed E-state index contributed by atoms with van der Waals surface area (Å²) in [5.74, 6) is 1.28. The molecule has 0 bridgehead atoms. The van der Waals surface area contributed by atoms with Crippen LogP contribution in [0.5, 0.6) is 5.75 Å². The fourth-order valence-corrected chi connectivity index (χ4v) is 5.01. The van der Waals surface area contributed by atoms with Gasteiger partial charge in [-0.05, 0) is 62.1 Å². The topological polar surface area (TPSA) is 91.2 Å². The second-order valence-corrected chi connectivity index (χ2v) is 9.99.